The zero-order valence-electron chi connectivity index (χ0n) is 11.3. The molecule has 0 radical (unpaired) electrons. The Labute approximate surface area is 126 Å². The first kappa shape index (κ1) is 13.4. The van der Waals surface area contributed by atoms with Gasteiger partial charge in [-0.3, -0.25) is 0 Å². The molecule has 102 valence electrons. The smallest absolute Gasteiger partial charge is 0.134 e. The molecule has 1 heterocycles. The van der Waals surface area contributed by atoms with Crippen LogP contribution in [0.1, 0.15) is 24.1 Å². The number of benzene rings is 2. The Morgan fingerprint density at radius 2 is 1.85 bits per heavy atom. The summed E-state index contributed by atoms with van der Waals surface area (Å²) >= 11 is 3.60. The first-order valence-electron chi connectivity index (χ1n) is 6.68. The molecule has 0 bridgehead atoms. The molecular formula is C17H16BrNO. The highest BCUT2D eigenvalue weighted by Crippen LogP contribution is 2.24. The van der Waals surface area contributed by atoms with Crippen LogP contribution >= 0.6 is 15.9 Å². The van der Waals surface area contributed by atoms with Crippen molar-refractivity contribution >= 4 is 26.9 Å². The van der Waals surface area contributed by atoms with Crippen LogP contribution in [0.25, 0.3) is 11.0 Å². The molecule has 1 atom stereocenters. The van der Waals surface area contributed by atoms with Crippen LogP contribution in [0.3, 0.4) is 0 Å². The van der Waals surface area contributed by atoms with Crippen molar-refractivity contribution in [3.8, 4) is 0 Å². The van der Waals surface area contributed by atoms with Gasteiger partial charge in [0.05, 0.1) is 6.26 Å². The molecule has 0 saturated heterocycles. The van der Waals surface area contributed by atoms with Gasteiger partial charge >= 0.3 is 0 Å². The van der Waals surface area contributed by atoms with Crippen molar-refractivity contribution in [2.45, 2.75) is 19.5 Å². The summed E-state index contributed by atoms with van der Waals surface area (Å²) in [6.07, 6.45) is 1.84. The van der Waals surface area contributed by atoms with Crippen LogP contribution in [0.2, 0.25) is 0 Å². The zero-order valence-corrected chi connectivity index (χ0v) is 12.9. The molecule has 0 saturated carbocycles. The number of para-hydroxylation sites is 1. The lowest BCUT2D eigenvalue weighted by molar-refractivity contribution is 0.561. The molecule has 3 aromatic rings. The third-order valence-electron chi connectivity index (χ3n) is 3.53. The quantitative estimate of drug-likeness (QED) is 0.724. The second-order valence-corrected chi connectivity index (χ2v) is 5.74. The van der Waals surface area contributed by atoms with Crippen molar-refractivity contribution in [1.29, 1.82) is 0 Å². The van der Waals surface area contributed by atoms with E-state index in [1.165, 1.54) is 16.5 Å². The number of furan rings is 1. The molecular weight excluding hydrogens is 314 g/mol. The minimum absolute atomic E-state index is 0.277. The number of halogens is 1. The molecule has 0 aliphatic rings. The molecule has 2 nitrogen and oxygen atoms in total. The van der Waals surface area contributed by atoms with Crippen molar-refractivity contribution < 1.29 is 4.42 Å². The topological polar surface area (TPSA) is 25.2 Å². The van der Waals surface area contributed by atoms with Gasteiger partial charge in [0.15, 0.2) is 0 Å². The summed E-state index contributed by atoms with van der Waals surface area (Å²) in [7, 11) is 0. The van der Waals surface area contributed by atoms with Crippen LogP contribution < -0.4 is 5.32 Å². The van der Waals surface area contributed by atoms with E-state index < -0.39 is 0 Å². The van der Waals surface area contributed by atoms with Crippen LogP contribution in [0.15, 0.2) is 63.7 Å². The van der Waals surface area contributed by atoms with Crippen LogP contribution in [0.5, 0.6) is 0 Å². The number of rotatable bonds is 4. The lowest BCUT2D eigenvalue weighted by Crippen LogP contribution is -2.18. The molecule has 3 rings (SSSR count). The third-order valence-corrected chi connectivity index (χ3v) is 4.25. The summed E-state index contributed by atoms with van der Waals surface area (Å²) in [6, 6.07) is 16.7. The van der Waals surface area contributed by atoms with E-state index in [1.54, 1.807) is 0 Å². The summed E-state index contributed by atoms with van der Waals surface area (Å²) in [5.74, 6) is 0. The Morgan fingerprint density at radius 1 is 1.10 bits per heavy atom. The van der Waals surface area contributed by atoms with Crippen LogP contribution in [-0.2, 0) is 6.54 Å². The van der Waals surface area contributed by atoms with Crippen LogP contribution in [-0.4, -0.2) is 0 Å². The molecule has 3 heteroatoms. The van der Waals surface area contributed by atoms with E-state index in [9.17, 15) is 0 Å². The summed E-state index contributed by atoms with van der Waals surface area (Å²) in [6.45, 7) is 2.96. The first-order valence-corrected chi connectivity index (χ1v) is 7.48. The van der Waals surface area contributed by atoms with Crippen molar-refractivity contribution in [2.24, 2.45) is 0 Å². The number of fused-ring (bicyclic) bond motifs is 1. The lowest BCUT2D eigenvalue weighted by Gasteiger charge is -2.15. The molecule has 1 N–H and O–H groups in total. The Bertz CT molecular complexity index is 720. The molecule has 2 aromatic carbocycles. The van der Waals surface area contributed by atoms with Gasteiger partial charge in [-0.2, -0.15) is 0 Å². The van der Waals surface area contributed by atoms with Crippen molar-refractivity contribution in [2.75, 3.05) is 0 Å². The molecule has 1 aromatic heterocycles. The monoisotopic (exact) mass is 329 g/mol. The summed E-state index contributed by atoms with van der Waals surface area (Å²) < 4.78 is 6.70. The minimum Gasteiger partial charge on any atom is -0.464 e. The predicted octanol–water partition coefficient (Wildman–Crippen LogP) is 5.05. The first-order chi connectivity index (χ1) is 9.75. The average Bonchev–Trinajstić information content (AvgIpc) is 2.88. The van der Waals surface area contributed by atoms with Gasteiger partial charge in [0, 0.05) is 28.0 Å². The van der Waals surface area contributed by atoms with Crippen molar-refractivity contribution in [3.63, 3.8) is 0 Å². The Hall–Kier alpha value is -1.58. The second kappa shape index (κ2) is 5.81. The van der Waals surface area contributed by atoms with Gasteiger partial charge in [0.1, 0.15) is 5.58 Å². The fourth-order valence-corrected chi connectivity index (χ4v) is 3.00. The Morgan fingerprint density at radius 3 is 2.70 bits per heavy atom. The maximum absolute atomic E-state index is 5.56. The lowest BCUT2D eigenvalue weighted by atomic mass is 10.1. The minimum atomic E-state index is 0.277. The molecule has 0 amide bonds. The van der Waals surface area contributed by atoms with E-state index in [2.05, 4.69) is 52.4 Å². The van der Waals surface area contributed by atoms with Gasteiger partial charge in [-0.15, -0.1) is 0 Å². The van der Waals surface area contributed by atoms with Gasteiger partial charge in [0.2, 0.25) is 0 Å². The van der Waals surface area contributed by atoms with Gasteiger partial charge in [-0.25, -0.2) is 0 Å². The number of hydrogen-bond acceptors (Lipinski definition) is 2. The molecule has 0 spiro atoms. The van der Waals surface area contributed by atoms with E-state index >= 15 is 0 Å². The highest BCUT2D eigenvalue weighted by Gasteiger charge is 2.10. The summed E-state index contributed by atoms with van der Waals surface area (Å²) in [5.41, 5.74) is 3.40. The third kappa shape index (κ3) is 2.65. The Balaban J connectivity index is 1.75. The summed E-state index contributed by atoms with van der Waals surface area (Å²) in [4.78, 5) is 0. The number of hydrogen-bond donors (Lipinski definition) is 1. The largest absolute Gasteiger partial charge is 0.464 e. The normalized spacial score (nSPS) is 12.7. The van der Waals surface area contributed by atoms with Crippen molar-refractivity contribution in [1.82, 2.24) is 5.32 Å². The van der Waals surface area contributed by atoms with Crippen molar-refractivity contribution in [3.05, 3.63) is 70.4 Å². The standard InChI is InChI=1S/C17H16BrNO/c1-12(14-6-2-4-8-16(14)18)19-10-13-11-20-17-9-5-3-7-15(13)17/h2-9,11-12,19H,10H2,1H3. The molecule has 0 aliphatic carbocycles. The fourth-order valence-electron chi connectivity index (χ4n) is 2.37. The van der Waals surface area contributed by atoms with E-state index in [0.717, 1.165) is 16.6 Å². The molecule has 1 unspecified atom stereocenters. The van der Waals surface area contributed by atoms with E-state index in [-0.39, 0.29) is 6.04 Å². The highest BCUT2D eigenvalue weighted by atomic mass is 79.9. The molecule has 0 aliphatic heterocycles. The highest BCUT2D eigenvalue weighted by molar-refractivity contribution is 9.10. The molecule has 20 heavy (non-hydrogen) atoms. The van der Waals surface area contributed by atoms with Crippen LogP contribution in [0.4, 0.5) is 0 Å². The van der Waals surface area contributed by atoms with E-state index in [1.807, 2.05) is 30.5 Å². The van der Waals surface area contributed by atoms with E-state index in [4.69, 9.17) is 4.42 Å². The van der Waals surface area contributed by atoms with Gasteiger partial charge < -0.3 is 9.73 Å². The predicted molar refractivity (Wildman–Crippen MR) is 85.6 cm³/mol. The van der Waals surface area contributed by atoms with Gasteiger partial charge in [-0.05, 0) is 24.6 Å². The van der Waals surface area contributed by atoms with Gasteiger partial charge in [-0.1, -0.05) is 52.3 Å². The average molecular weight is 330 g/mol. The van der Waals surface area contributed by atoms with Gasteiger partial charge in [0.25, 0.3) is 0 Å². The van der Waals surface area contributed by atoms with Crippen LogP contribution in [0, 0.1) is 0 Å². The Kier molecular flexibility index (Phi) is 3.90. The maximum Gasteiger partial charge on any atom is 0.134 e. The fraction of sp³-hybridized carbons (Fsp3) is 0.176. The summed E-state index contributed by atoms with van der Waals surface area (Å²) in [5, 5.41) is 4.72. The molecule has 0 fully saturated rings. The maximum atomic E-state index is 5.56. The number of nitrogens with one attached hydrogen (secondary N) is 1. The SMILES string of the molecule is CC(NCc1coc2ccccc12)c1ccccc1Br. The van der Waals surface area contributed by atoms with E-state index in [0.29, 0.717) is 0 Å². The second-order valence-electron chi connectivity index (χ2n) is 4.88. The zero-order chi connectivity index (χ0) is 13.9.